The summed E-state index contributed by atoms with van der Waals surface area (Å²) in [4.78, 5) is 68.0. The predicted octanol–water partition coefficient (Wildman–Crippen LogP) is 4.77. The Morgan fingerprint density at radius 1 is 0.812 bits per heavy atom. The number of rotatable bonds is 5. The highest BCUT2D eigenvalue weighted by molar-refractivity contribution is 5.95. The molecule has 12 heteroatoms. The Hall–Kier alpha value is -4.40. The topological polar surface area (TPSA) is 168 Å². The van der Waals surface area contributed by atoms with Gasteiger partial charge in [-0.25, -0.2) is 14.4 Å². The van der Waals surface area contributed by atoms with Crippen LogP contribution in [0.4, 0.5) is 0 Å². The largest absolute Gasteiger partial charge is 0.483 e. The summed E-state index contributed by atoms with van der Waals surface area (Å²) >= 11 is 0. The summed E-state index contributed by atoms with van der Waals surface area (Å²) < 4.78 is 36.5. The van der Waals surface area contributed by atoms with Gasteiger partial charge in [0.2, 0.25) is 11.2 Å². The maximum Gasteiger partial charge on any atom is 0.351 e. The first-order valence-electron chi connectivity index (χ1n) is 16.3. The highest BCUT2D eigenvalue weighted by Gasteiger charge is 2.78. The van der Waals surface area contributed by atoms with E-state index >= 15 is 0 Å². The molecule has 0 N–H and O–H groups in total. The van der Waals surface area contributed by atoms with Crippen molar-refractivity contribution in [3.63, 3.8) is 0 Å². The Morgan fingerprint density at radius 2 is 1.35 bits per heavy atom. The third kappa shape index (κ3) is 3.57. The Bertz CT molecular complexity index is 1950. The fourth-order valence-electron chi connectivity index (χ4n) is 8.80. The number of hydrogen-bond acceptors (Lipinski definition) is 12. The van der Waals surface area contributed by atoms with Crippen molar-refractivity contribution < 1.29 is 47.3 Å². The van der Waals surface area contributed by atoms with Gasteiger partial charge in [0.25, 0.3) is 0 Å². The third-order valence-electron chi connectivity index (χ3n) is 13.2. The van der Waals surface area contributed by atoms with Crippen LogP contribution >= 0.6 is 0 Å². The van der Waals surface area contributed by atoms with Crippen molar-refractivity contribution in [1.82, 2.24) is 0 Å². The van der Waals surface area contributed by atoms with Crippen molar-refractivity contribution >= 4 is 34.8 Å². The van der Waals surface area contributed by atoms with Gasteiger partial charge in [0.05, 0.1) is 34.4 Å². The predicted molar refractivity (Wildman–Crippen MR) is 165 cm³/mol. The Kier molecular flexibility index (Phi) is 6.29. The molecule has 7 rings (SSSR count). The molecule has 0 spiro atoms. The van der Waals surface area contributed by atoms with E-state index in [1.807, 2.05) is 6.07 Å². The maximum absolute atomic E-state index is 14.5. The van der Waals surface area contributed by atoms with Crippen molar-refractivity contribution in [3.8, 4) is 11.8 Å². The minimum absolute atomic E-state index is 0.0178. The number of esters is 4. The van der Waals surface area contributed by atoms with Crippen LogP contribution in [-0.2, 0) is 44.5 Å². The van der Waals surface area contributed by atoms with Crippen LogP contribution in [0.25, 0.3) is 11.0 Å². The van der Waals surface area contributed by atoms with Crippen molar-refractivity contribution in [2.75, 3.05) is 0 Å². The normalized spacial score (nSPS) is 36.1. The summed E-state index contributed by atoms with van der Waals surface area (Å²) in [6, 6.07) is 6.75. The molecule has 5 aliphatic rings. The minimum Gasteiger partial charge on any atom is -0.483 e. The van der Waals surface area contributed by atoms with Crippen molar-refractivity contribution in [1.29, 1.82) is 5.26 Å². The first-order chi connectivity index (χ1) is 22.2. The second kappa shape index (κ2) is 9.39. The van der Waals surface area contributed by atoms with Crippen LogP contribution in [0.5, 0.6) is 5.75 Å². The number of nitriles is 1. The Balaban J connectivity index is 1.37. The lowest BCUT2D eigenvalue weighted by Crippen LogP contribution is -2.57. The van der Waals surface area contributed by atoms with E-state index in [4.69, 9.17) is 28.1 Å². The van der Waals surface area contributed by atoms with Gasteiger partial charge in [-0.2, -0.15) is 5.26 Å². The molecule has 2 aromatic rings. The number of benzene rings is 1. The molecule has 4 heterocycles. The zero-order chi connectivity index (χ0) is 35.0. The smallest absolute Gasteiger partial charge is 0.351 e. The monoisotopic (exact) mass is 661 g/mol. The fraction of sp³-hybridized carbons (Fsp3) is 0.611. The van der Waals surface area contributed by atoms with Gasteiger partial charge in [0, 0.05) is 16.2 Å². The molecular weight excluding hydrogens is 622 g/mol. The number of carbonyl (C=O) groups is 4. The van der Waals surface area contributed by atoms with E-state index in [1.54, 1.807) is 67.5 Å². The summed E-state index contributed by atoms with van der Waals surface area (Å²) in [5, 5.41) is 9.66. The van der Waals surface area contributed by atoms with Gasteiger partial charge in [-0.1, -0.05) is 27.7 Å². The van der Waals surface area contributed by atoms with Gasteiger partial charge in [-0.3, -0.25) is 9.59 Å². The molecule has 4 bridgehead atoms. The molecule has 6 atom stereocenters. The van der Waals surface area contributed by atoms with Gasteiger partial charge >= 0.3 is 29.5 Å². The quantitative estimate of drug-likeness (QED) is 0.245. The van der Waals surface area contributed by atoms with E-state index in [9.17, 15) is 29.2 Å². The molecule has 1 aromatic carbocycles. The van der Waals surface area contributed by atoms with E-state index < -0.39 is 80.2 Å². The lowest BCUT2D eigenvalue weighted by Gasteiger charge is -2.45. The molecule has 1 aromatic heterocycles. The van der Waals surface area contributed by atoms with Crippen LogP contribution in [0.1, 0.15) is 98.3 Å². The molecule has 2 saturated carbocycles. The van der Waals surface area contributed by atoms with Gasteiger partial charge in [0.15, 0.2) is 12.2 Å². The lowest BCUT2D eigenvalue weighted by molar-refractivity contribution is -0.217. The van der Waals surface area contributed by atoms with E-state index in [1.165, 1.54) is 6.07 Å². The Labute approximate surface area is 277 Å². The van der Waals surface area contributed by atoms with Gasteiger partial charge in [-0.05, 0) is 71.6 Å². The SMILES string of the molecule is CC1(C)Oc2ccc3cc(CC#N)c(=O)oc3c2[C@@H](OC(=O)C23CCC(C)(C(=O)O2)C3(C)C)[C@H]1OC(=O)C12CCC(C)(C(=O)O1)C2(C)C. The zero-order valence-electron chi connectivity index (χ0n) is 28.4. The van der Waals surface area contributed by atoms with E-state index in [0.717, 1.165) is 0 Å². The summed E-state index contributed by atoms with van der Waals surface area (Å²) in [6.45, 7) is 14.1. The van der Waals surface area contributed by atoms with Gasteiger partial charge in [-0.15, -0.1) is 0 Å². The highest BCUT2D eigenvalue weighted by Crippen LogP contribution is 2.67. The van der Waals surface area contributed by atoms with Crippen molar-refractivity contribution in [2.45, 2.75) is 117 Å². The number of hydrogen-bond donors (Lipinski definition) is 0. The van der Waals surface area contributed by atoms with Crippen LogP contribution < -0.4 is 10.4 Å². The minimum atomic E-state index is -1.63. The molecule has 2 aliphatic carbocycles. The second-order valence-corrected chi connectivity index (χ2v) is 16.0. The highest BCUT2D eigenvalue weighted by atomic mass is 16.7. The molecule has 12 nitrogen and oxygen atoms in total. The summed E-state index contributed by atoms with van der Waals surface area (Å²) in [5.74, 6) is -2.43. The number of carbonyl (C=O) groups excluding carboxylic acids is 4. The molecule has 0 amide bonds. The summed E-state index contributed by atoms with van der Waals surface area (Å²) in [6.07, 6.45) is -1.67. The molecule has 0 radical (unpaired) electrons. The van der Waals surface area contributed by atoms with E-state index in [-0.39, 0.29) is 41.7 Å². The zero-order valence-corrected chi connectivity index (χ0v) is 28.4. The molecule has 48 heavy (non-hydrogen) atoms. The molecule has 4 fully saturated rings. The fourth-order valence-corrected chi connectivity index (χ4v) is 8.80. The first-order valence-corrected chi connectivity index (χ1v) is 16.3. The molecule has 2 saturated heterocycles. The standard InChI is InChI=1S/C36H39NO11/c1-30(2)24(45-29(42)36-15-13-34(8,27(40)48-36)32(36,5)6)23(44-28(41)35-14-12-33(7,26(39)47-35)31(35,3)4)21-20(46-30)10-9-18-17-19(11-16-37)25(38)43-22(18)21/h9-10,17,23-24H,11-15H2,1-8H3/t23-,24-,33?,34?,35?,36?/m1/s1. The number of ether oxygens (including phenoxy) is 5. The molecule has 254 valence electrons. The number of fused-ring (bicyclic) bond motifs is 7. The van der Waals surface area contributed by atoms with E-state index in [2.05, 4.69) is 0 Å². The molecule has 4 unspecified atom stereocenters. The van der Waals surface area contributed by atoms with Crippen molar-refractivity contribution in [2.24, 2.45) is 21.7 Å². The maximum atomic E-state index is 14.5. The molecular formula is C36H39NO11. The van der Waals surface area contributed by atoms with Gasteiger partial charge in [0.1, 0.15) is 16.9 Å². The van der Waals surface area contributed by atoms with Gasteiger partial charge < -0.3 is 28.1 Å². The van der Waals surface area contributed by atoms with Crippen LogP contribution in [-0.4, -0.2) is 46.8 Å². The summed E-state index contributed by atoms with van der Waals surface area (Å²) in [5.41, 5.74) is -8.75. The van der Waals surface area contributed by atoms with Crippen LogP contribution in [0.3, 0.4) is 0 Å². The first kappa shape index (κ1) is 32.2. The van der Waals surface area contributed by atoms with Crippen molar-refractivity contribution in [3.05, 3.63) is 39.7 Å². The van der Waals surface area contributed by atoms with Crippen LogP contribution in [0, 0.1) is 33.0 Å². The average Bonchev–Trinajstić information content (AvgIpc) is 3.47. The van der Waals surface area contributed by atoms with E-state index in [0.29, 0.717) is 18.2 Å². The summed E-state index contributed by atoms with van der Waals surface area (Å²) in [7, 11) is 0. The van der Waals surface area contributed by atoms with Crippen LogP contribution in [0.15, 0.2) is 27.4 Å². The lowest BCUT2D eigenvalue weighted by atomic mass is 9.66. The second-order valence-electron chi connectivity index (χ2n) is 16.0. The average molecular weight is 662 g/mol. The third-order valence-corrected chi connectivity index (χ3v) is 13.2. The Morgan fingerprint density at radius 3 is 1.83 bits per heavy atom. The number of nitrogens with zero attached hydrogens (tertiary/aromatic N) is 1. The van der Waals surface area contributed by atoms with Crippen LogP contribution in [0.2, 0.25) is 0 Å². The molecule has 3 aliphatic heterocycles.